The van der Waals surface area contributed by atoms with E-state index in [1.807, 2.05) is 0 Å². The molecule has 1 rings (SSSR count). The van der Waals surface area contributed by atoms with Crippen molar-refractivity contribution >= 4 is 11.6 Å². The van der Waals surface area contributed by atoms with Gasteiger partial charge < -0.3 is 15.6 Å². The van der Waals surface area contributed by atoms with Crippen molar-refractivity contribution < 1.29 is 9.84 Å². The van der Waals surface area contributed by atoms with E-state index in [1.165, 1.54) is 0 Å². The minimum atomic E-state index is -0.270. The molecule has 16 heavy (non-hydrogen) atoms. The van der Waals surface area contributed by atoms with Gasteiger partial charge in [0.2, 0.25) is 0 Å². The van der Waals surface area contributed by atoms with Crippen LogP contribution in [0.15, 0.2) is 12.1 Å². The number of phenols is 1. The summed E-state index contributed by atoms with van der Waals surface area (Å²) >= 11 is 5.86. The van der Waals surface area contributed by atoms with Gasteiger partial charge >= 0.3 is 0 Å². The molecule has 0 aliphatic rings. The lowest BCUT2D eigenvalue weighted by molar-refractivity contribution is 0.385. The minimum absolute atomic E-state index is 0.0224. The van der Waals surface area contributed by atoms with Gasteiger partial charge in [-0.2, -0.15) is 0 Å². The Morgan fingerprint density at radius 2 is 2.06 bits per heavy atom. The highest BCUT2D eigenvalue weighted by atomic mass is 35.5. The van der Waals surface area contributed by atoms with Crippen molar-refractivity contribution in [2.45, 2.75) is 26.3 Å². The average Bonchev–Trinajstić information content (AvgIpc) is 2.20. The monoisotopic (exact) mass is 243 g/mol. The number of nitrogens with two attached hydrogens (primary N) is 1. The van der Waals surface area contributed by atoms with Crippen LogP contribution in [0.3, 0.4) is 0 Å². The van der Waals surface area contributed by atoms with Crippen molar-refractivity contribution in [1.82, 2.24) is 0 Å². The first-order chi connectivity index (χ1) is 7.47. The number of methoxy groups -OCH3 is 1. The summed E-state index contributed by atoms with van der Waals surface area (Å²) in [6.45, 7) is 4.15. The Balaban J connectivity index is 3.13. The van der Waals surface area contributed by atoms with Crippen molar-refractivity contribution in [3.63, 3.8) is 0 Å². The lowest BCUT2D eigenvalue weighted by Crippen LogP contribution is -2.14. The van der Waals surface area contributed by atoms with Gasteiger partial charge in [-0.1, -0.05) is 25.4 Å². The number of hydrogen-bond donors (Lipinski definition) is 2. The summed E-state index contributed by atoms with van der Waals surface area (Å²) in [6, 6.07) is 3.05. The fourth-order valence-electron chi connectivity index (χ4n) is 1.72. The first kappa shape index (κ1) is 13.1. The van der Waals surface area contributed by atoms with E-state index in [2.05, 4.69) is 13.8 Å². The molecule has 0 fully saturated rings. The molecule has 0 radical (unpaired) electrons. The van der Waals surface area contributed by atoms with E-state index in [9.17, 15) is 5.11 Å². The number of benzene rings is 1. The van der Waals surface area contributed by atoms with Crippen LogP contribution >= 0.6 is 11.6 Å². The van der Waals surface area contributed by atoms with Gasteiger partial charge in [-0.15, -0.1) is 0 Å². The van der Waals surface area contributed by atoms with E-state index < -0.39 is 0 Å². The molecule has 1 aromatic carbocycles. The molecule has 0 saturated heterocycles. The molecular weight excluding hydrogens is 226 g/mol. The van der Waals surface area contributed by atoms with Crippen LogP contribution in [0.2, 0.25) is 5.02 Å². The Labute approximate surface area is 101 Å². The number of ether oxygens (including phenoxy) is 1. The summed E-state index contributed by atoms with van der Waals surface area (Å²) < 4.78 is 5.19. The highest BCUT2D eigenvalue weighted by Crippen LogP contribution is 2.39. The third-order valence-electron chi connectivity index (χ3n) is 2.44. The summed E-state index contributed by atoms with van der Waals surface area (Å²) in [5, 5.41) is 10.2. The van der Waals surface area contributed by atoms with Crippen LogP contribution in [-0.2, 0) is 0 Å². The van der Waals surface area contributed by atoms with Crippen LogP contribution in [0.1, 0.15) is 31.9 Å². The second kappa shape index (κ2) is 5.41. The lowest BCUT2D eigenvalue weighted by Gasteiger charge is -2.19. The Bertz CT molecular complexity index is 366. The van der Waals surface area contributed by atoms with Gasteiger partial charge in [0.25, 0.3) is 0 Å². The highest BCUT2D eigenvalue weighted by molar-refractivity contribution is 6.32. The molecule has 0 heterocycles. The van der Waals surface area contributed by atoms with Crippen LogP contribution in [0.25, 0.3) is 0 Å². The van der Waals surface area contributed by atoms with Crippen molar-refractivity contribution in [2.75, 3.05) is 7.11 Å². The maximum Gasteiger partial charge on any atom is 0.142 e. The Hall–Kier alpha value is -0.930. The number of halogens is 1. The van der Waals surface area contributed by atoms with Crippen LogP contribution in [0, 0.1) is 5.92 Å². The maximum atomic E-state index is 9.90. The summed E-state index contributed by atoms with van der Waals surface area (Å²) in [4.78, 5) is 0. The highest BCUT2D eigenvalue weighted by Gasteiger charge is 2.19. The van der Waals surface area contributed by atoms with E-state index in [0.717, 1.165) is 6.42 Å². The van der Waals surface area contributed by atoms with Crippen LogP contribution in [0.4, 0.5) is 0 Å². The average molecular weight is 244 g/mol. The van der Waals surface area contributed by atoms with Gasteiger partial charge in [0.1, 0.15) is 11.5 Å². The van der Waals surface area contributed by atoms with Crippen molar-refractivity contribution in [1.29, 1.82) is 0 Å². The zero-order chi connectivity index (χ0) is 12.3. The number of rotatable bonds is 4. The maximum absolute atomic E-state index is 9.90. The van der Waals surface area contributed by atoms with Crippen LogP contribution < -0.4 is 10.5 Å². The lowest BCUT2D eigenvalue weighted by atomic mass is 9.96. The van der Waals surface area contributed by atoms with Gasteiger partial charge in [0.05, 0.1) is 17.7 Å². The second-order valence-corrected chi connectivity index (χ2v) is 4.66. The van der Waals surface area contributed by atoms with E-state index in [1.54, 1.807) is 19.2 Å². The Kier molecular flexibility index (Phi) is 4.44. The predicted molar refractivity (Wildman–Crippen MR) is 66.1 cm³/mol. The summed E-state index contributed by atoms with van der Waals surface area (Å²) in [7, 11) is 1.55. The van der Waals surface area contributed by atoms with Crippen molar-refractivity contribution in [2.24, 2.45) is 11.7 Å². The third-order valence-corrected chi connectivity index (χ3v) is 2.75. The number of phenolic OH excluding ortho intramolecular Hbond substituents is 1. The molecule has 90 valence electrons. The molecule has 0 spiro atoms. The molecule has 0 aromatic heterocycles. The second-order valence-electron chi connectivity index (χ2n) is 4.25. The largest absolute Gasteiger partial charge is 0.506 e. The zero-order valence-electron chi connectivity index (χ0n) is 9.83. The van der Waals surface area contributed by atoms with E-state index in [-0.39, 0.29) is 11.8 Å². The molecule has 3 N–H and O–H groups in total. The normalized spacial score (nSPS) is 12.9. The number of hydrogen-bond acceptors (Lipinski definition) is 3. The smallest absolute Gasteiger partial charge is 0.142 e. The molecule has 4 heteroatoms. The Morgan fingerprint density at radius 3 is 2.56 bits per heavy atom. The first-order valence-electron chi connectivity index (χ1n) is 5.28. The predicted octanol–water partition coefficient (Wildman–Crippen LogP) is 3.10. The summed E-state index contributed by atoms with van der Waals surface area (Å²) in [5.41, 5.74) is 6.63. The van der Waals surface area contributed by atoms with Crippen molar-refractivity contribution in [3.05, 3.63) is 22.7 Å². The SMILES string of the molecule is COc1ccc(Cl)c(O)c1[C@H](N)CC(C)C. The van der Waals surface area contributed by atoms with E-state index in [0.29, 0.717) is 22.3 Å². The fourth-order valence-corrected chi connectivity index (χ4v) is 1.89. The molecular formula is C12H18ClNO2. The van der Waals surface area contributed by atoms with Gasteiger partial charge in [-0.25, -0.2) is 0 Å². The fraction of sp³-hybridized carbons (Fsp3) is 0.500. The molecule has 0 amide bonds. The minimum Gasteiger partial charge on any atom is -0.506 e. The molecule has 0 saturated carbocycles. The number of aromatic hydroxyl groups is 1. The van der Waals surface area contributed by atoms with Gasteiger partial charge in [0.15, 0.2) is 0 Å². The van der Waals surface area contributed by atoms with Crippen LogP contribution in [-0.4, -0.2) is 12.2 Å². The van der Waals surface area contributed by atoms with E-state index in [4.69, 9.17) is 22.1 Å². The molecule has 0 bridgehead atoms. The first-order valence-corrected chi connectivity index (χ1v) is 5.66. The standard InChI is InChI=1S/C12H18ClNO2/c1-7(2)6-9(14)11-10(16-3)5-4-8(13)12(11)15/h4-5,7,9,15H,6,14H2,1-3H3/t9-/m1/s1. The summed E-state index contributed by atoms with van der Waals surface area (Å²) in [6.07, 6.45) is 0.768. The quantitative estimate of drug-likeness (QED) is 0.855. The molecule has 3 nitrogen and oxygen atoms in total. The molecule has 0 aliphatic carbocycles. The zero-order valence-corrected chi connectivity index (χ0v) is 10.6. The Morgan fingerprint density at radius 1 is 1.44 bits per heavy atom. The van der Waals surface area contributed by atoms with Gasteiger partial charge in [-0.3, -0.25) is 0 Å². The van der Waals surface area contributed by atoms with Gasteiger partial charge in [-0.05, 0) is 24.5 Å². The molecule has 1 atom stereocenters. The molecule has 1 aromatic rings. The summed E-state index contributed by atoms with van der Waals surface area (Å²) in [5.74, 6) is 1.04. The molecule has 0 aliphatic heterocycles. The molecule has 0 unspecified atom stereocenters. The van der Waals surface area contributed by atoms with Gasteiger partial charge in [0, 0.05) is 6.04 Å². The van der Waals surface area contributed by atoms with Crippen molar-refractivity contribution in [3.8, 4) is 11.5 Å². The third kappa shape index (κ3) is 2.80. The van der Waals surface area contributed by atoms with E-state index >= 15 is 0 Å². The van der Waals surface area contributed by atoms with Crippen LogP contribution in [0.5, 0.6) is 11.5 Å². The topological polar surface area (TPSA) is 55.5 Å².